The summed E-state index contributed by atoms with van der Waals surface area (Å²) in [5.74, 6) is -1.13. The van der Waals surface area contributed by atoms with E-state index in [1.807, 2.05) is 0 Å². The van der Waals surface area contributed by atoms with E-state index >= 15 is 0 Å². The maximum atomic E-state index is 11.9. The number of hydrogen-bond donors (Lipinski definition) is 0. The number of ketones is 2. The number of unbranched alkanes of at least 4 members (excludes halogenated alkanes) is 7. The van der Waals surface area contributed by atoms with Crippen LogP contribution in [0.25, 0.3) is 0 Å². The number of carbonyl (C=O) groups is 3. The van der Waals surface area contributed by atoms with Crippen LogP contribution in [0.1, 0.15) is 71.1 Å². The van der Waals surface area contributed by atoms with Crippen molar-refractivity contribution in [3.63, 3.8) is 0 Å². The number of Topliss-reactive ketones (excluding diaryl/α,β-unsaturated/α-hetero) is 2. The van der Waals surface area contributed by atoms with Crippen molar-refractivity contribution in [1.82, 2.24) is 0 Å². The molecule has 1 fully saturated rings. The molecular weight excluding hydrogens is 296 g/mol. The Morgan fingerprint density at radius 3 is 2.32 bits per heavy atom. The van der Waals surface area contributed by atoms with Crippen LogP contribution in [-0.2, 0) is 14.4 Å². The highest BCUT2D eigenvalue weighted by molar-refractivity contribution is 8.15. The summed E-state index contributed by atoms with van der Waals surface area (Å²) in [4.78, 5) is 34.8. The van der Waals surface area contributed by atoms with Crippen molar-refractivity contribution in [2.45, 2.75) is 71.1 Å². The summed E-state index contributed by atoms with van der Waals surface area (Å²) < 4.78 is 0. The van der Waals surface area contributed by atoms with Gasteiger partial charge in [0.25, 0.3) is 0 Å². The van der Waals surface area contributed by atoms with Crippen molar-refractivity contribution in [2.24, 2.45) is 5.92 Å². The fraction of sp³-hybridized carbons (Fsp3) is 0.722. The first-order valence-corrected chi connectivity index (χ1v) is 9.52. The van der Waals surface area contributed by atoms with E-state index < -0.39 is 5.92 Å². The number of carbonyl (C=O) groups excluding carboxylic acids is 3. The Morgan fingerprint density at radius 2 is 1.68 bits per heavy atom. The Morgan fingerprint density at radius 1 is 1.05 bits per heavy atom. The van der Waals surface area contributed by atoms with E-state index in [4.69, 9.17) is 0 Å². The number of allylic oxidation sites excluding steroid dienone is 2. The first kappa shape index (κ1) is 19.1. The molecule has 0 aliphatic carbocycles. The van der Waals surface area contributed by atoms with Crippen LogP contribution in [0.2, 0.25) is 0 Å². The molecule has 1 aliphatic heterocycles. The first-order valence-electron chi connectivity index (χ1n) is 8.54. The second-order valence-electron chi connectivity index (χ2n) is 5.89. The van der Waals surface area contributed by atoms with Crippen LogP contribution in [0.3, 0.4) is 0 Å². The normalized spacial score (nSPS) is 18.5. The number of rotatable bonds is 12. The lowest BCUT2D eigenvalue weighted by Gasteiger charge is -2.05. The predicted octanol–water partition coefficient (Wildman–Crippen LogP) is 4.49. The molecule has 124 valence electrons. The topological polar surface area (TPSA) is 51.2 Å². The third-order valence-corrected chi connectivity index (χ3v) is 4.87. The minimum absolute atomic E-state index is 0.168. The molecule has 0 bridgehead atoms. The van der Waals surface area contributed by atoms with E-state index in [0.717, 1.165) is 37.4 Å². The summed E-state index contributed by atoms with van der Waals surface area (Å²) in [7, 11) is 0. The molecule has 1 atom stereocenters. The lowest BCUT2D eigenvalue weighted by atomic mass is 9.97. The molecule has 3 nitrogen and oxygen atoms in total. The second kappa shape index (κ2) is 11.6. The second-order valence-corrected chi connectivity index (χ2v) is 6.87. The minimum Gasteiger partial charge on any atom is -0.298 e. The average molecular weight is 324 g/mol. The highest BCUT2D eigenvalue weighted by Crippen LogP contribution is 2.25. The molecule has 0 aromatic heterocycles. The summed E-state index contributed by atoms with van der Waals surface area (Å²) >= 11 is 0.986. The van der Waals surface area contributed by atoms with Gasteiger partial charge in [-0.15, -0.1) is 0 Å². The third kappa shape index (κ3) is 7.39. The van der Waals surface area contributed by atoms with Gasteiger partial charge in [-0.05, 0) is 25.7 Å². The predicted molar refractivity (Wildman–Crippen MR) is 92.0 cm³/mol. The van der Waals surface area contributed by atoms with Gasteiger partial charge in [-0.3, -0.25) is 14.4 Å². The van der Waals surface area contributed by atoms with Crippen LogP contribution >= 0.6 is 11.8 Å². The highest BCUT2D eigenvalue weighted by Gasteiger charge is 2.38. The summed E-state index contributed by atoms with van der Waals surface area (Å²) in [6, 6.07) is 0. The zero-order valence-electron chi connectivity index (χ0n) is 13.6. The number of hydrogen-bond acceptors (Lipinski definition) is 4. The van der Waals surface area contributed by atoms with E-state index in [0.29, 0.717) is 6.42 Å². The first-order chi connectivity index (χ1) is 10.7. The van der Waals surface area contributed by atoms with Gasteiger partial charge in [0, 0.05) is 6.42 Å². The fourth-order valence-corrected chi connectivity index (χ4v) is 3.43. The van der Waals surface area contributed by atoms with Crippen molar-refractivity contribution in [1.29, 1.82) is 0 Å². The van der Waals surface area contributed by atoms with Gasteiger partial charge in [-0.25, -0.2) is 0 Å². The van der Waals surface area contributed by atoms with Gasteiger partial charge in [0.15, 0.2) is 11.6 Å². The van der Waals surface area contributed by atoms with Crippen LogP contribution in [-0.4, -0.2) is 22.4 Å². The van der Waals surface area contributed by atoms with Crippen LogP contribution in [0, 0.1) is 5.92 Å². The van der Waals surface area contributed by atoms with Crippen LogP contribution in [0.15, 0.2) is 12.2 Å². The highest BCUT2D eigenvalue weighted by atomic mass is 32.2. The van der Waals surface area contributed by atoms with Crippen molar-refractivity contribution >= 4 is 28.4 Å². The fourth-order valence-electron chi connectivity index (χ4n) is 2.55. The van der Waals surface area contributed by atoms with E-state index in [-0.39, 0.29) is 22.4 Å². The van der Waals surface area contributed by atoms with Gasteiger partial charge in [0.2, 0.25) is 5.12 Å². The Kier molecular flexibility index (Phi) is 10.1. The quantitative estimate of drug-likeness (QED) is 0.301. The SMILES string of the molecule is CCCCC=CCCCCCCCC(=O)C1C(=O)CSC1=O. The zero-order valence-corrected chi connectivity index (χ0v) is 14.5. The van der Waals surface area contributed by atoms with Crippen LogP contribution in [0.4, 0.5) is 0 Å². The zero-order chi connectivity index (χ0) is 16.2. The number of thioether (sulfide) groups is 1. The molecule has 0 spiro atoms. The largest absolute Gasteiger partial charge is 0.298 e. The van der Waals surface area contributed by atoms with Crippen LogP contribution in [0.5, 0.6) is 0 Å². The molecule has 1 heterocycles. The maximum Gasteiger partial charge on any atom is 0.207 e. The van der Waals surface area contributed by atoms with Gasteiger partial charge >= 0.3 is 0 Å². The van der Waals surface area contributed by atoms with E-state index in [9.17, 15) is 14.4 Å². The summed E-state index contributed by atoms with van der Waals surface area (Å²) in [6.07, 6.45) is 15.1. The van der Waals surface area contributed by atoms with Gasteiger partial charge in [0.1, 0.15) is 5.92 Å². The standard InChI is InChI=1S/C18H28O3S/c1-2-3-4-5-6-7-8-9-10-11-12-13-15(19)17-16(20)14-22-18(17)21/h5-6,17H,2-4,7-14H2,1H3. The molecular formula is C18H28O3S. The molecule has 1 saturated heterocycles. The minimum atomic E-state index is -0.946. The van der Waals surface area contributed by atoms with Gasteiger partial charge in [0.05, 0.1) is 5.75 Å². The Bertz CT molecular complexity index is 385. The van der Waals surface area contributed by atoms with Gasteiger partial charge in [-0.2, -0.15) is 0 Å². The molecule has 0 aromatic rings. The lowest BCUT2D eigenvalue weighted by Crippen LogP contribution is -2.25. The molecule has 1 unspecified atom stereocenters. The molecule has 22 heavy (non-hydrogen) atoms. The van der Waals surface area contributed by atoms with Crippen molar-refractivity contribution in [3.05, 3.63) is 12.2 Å². The smallest absolute Gasteiger partial charge is 0.207 e. The summed E-state index contributed by atoms with van der Waals surface area (Å²) in [5.41, 5.74) is 0. The summed E-state index contributed by atoms with van der Waals surface area (Å²) in [5, 5.41) is -0.245. The van der Waals surface area contributed by atoms with Crippen LogP contribution < -0.4 is 0 Å². The van der Waals surface area contributed by atoms with Crippen molar-refractivity contribution in [2.75, 3.05) is 5.75 Å². The molecule has 1 rings (SSSR count). The average Bonchev–Trinajstić information content (AvgIpc) is 2.83. The van der Waals surface area contributed by atoms with Gasteiger partial charge in [-0.1, -0.05) is 62.9 Å². The van der Waals surface area contributed by atoms with E-state index in [2.05, 4.69) is 19.1 Å². The molecule has 0 aromatic carbocycles. The monoisotopic (exact) mass is 324 g/mol. The Hall–Kier alpha value is -0.900. The molecule has 1 aliphatic rings. The van der Waals surface area contributed by atoms with E-state index in [1.54, 1.807) is 0 Å². The third-order valence-electron chi connectivity index (χ3n) is 3.92. The van der Waals surface area contributed by atoms with Gasteiger partial charge < -0.3 is 0 Å². The maximum absolute atomic E-state index is 11.9. The molecule has 0 saturated carbocycles. The molecule has 0 radical (unpaired) electrons. The molecule has 4 heteroatoms. The molecule has 0 amide bonds. The lowest BCUT2D eigenvalue weighted by molar-refractivity contribution is -0.134. The Balaban J connectivity index is 1.97. The van der Waals surface area contributed by atoms with Crippen molar-refractivity contribution in [3.8, 4) is 0 Å². The van der Waals surface area contributed by atoms with Crippen molar-refractivity contribution < 1.29 is 14.4 Å². The van der Waals surface area contributed by atoms with E-state index in [1.165, 1.54) is 32.1 Å². The molecule has 0 N–H and O–H groups in total. The Labute approximate surface area is 138 Å². The summed E-state index contributed by atoms with van der Waals surface area (Å²) in [6.45, 7) is 2.20.